The van der Waals surface area contributed by atoms with E-state index in [0.717, 1.165) is 12.0 Å². The summed E-state index contributed by atoms with van der Waals surface area (Å²) in [5.74, 6) is 0.309. The SMILES string of the molecule is CCCNC(=O)[C@@H](C)[S@](=O)Cc1ccc(C)cc1. The first-order chi connectivity index (χ1) is 8.54. The predicted molar refractivity (Wildman–Crippen MR) is 75.8 cm³/mol. The van der Waals surface area contributed by atoms with Crippen molar-refractivity contribution in [2.45, 2.75) is 38.2 Å². The molecule has 0 heterocycles. The monoisotopic (exact) mass is 267 g/mol. The second kappa shape index (κ2) is 7.31. The first-order valence-corrected chi connectivity index (χ1v) is 7.63. The van der Waals surface area contributed by atoms with E-state index < -0.39 is 16.0 Å². The molecule has 0 fully saturated rings. The summed E-state index contributed by atoms with van der Waals surface area (Å²) >= 11 is 0. The zero-order valence-electron chi connectivity index (χ0n) is 11.2. The van der Waals surface area contributed by atoms with Crippen LogP contribution in [-0.2, 0) is 21.3 Å². The molecule has 1 rings (SSSR count). The Morgan fingerprint density at radius 1 is 1.33 bits per heavy atom. The van der Waals surface area contributed by atoms with Gasteiger partial charge in [0.25, 0.3) is 0 Å². The molecule has 4 heteroatoms. The van der Waals surface area contributed by atoms with Gasteiger partial charge in [0, 0.05) is 23.1 Å². The van der Waals surface area contributed by atoms with Crippen molar-refractivity contribution < 1.29 is 9.00 Å². The number of benzene rings is 1. The van der Waals surface area contributed by atoms with E-state index in [1.165, 1.54) is 5.56 Å². The Kier molecular flexibility index (Phi) is 6.05. The van der Waals surface area contributed by atoms with Crippen molar-refractivity contribution in [3.63, 3.8) is 0 Å². The number of nitrogens with one attached hydrogen (secondary N) is 1. The highest BCUT2D eigenvalue weighted by Gasteiger charge is 2.19. The molecule has 0 unspecified atom stereocenters. The van der Waals surface area contributed by atoms with Crippen LogP contribution in [0.25, 0.3) is 0 Å². The number of carbonyl (C=O) groups excluding carboxylic acids is 1. The summed E-state index contributed by atoms with van der Waals surface area (Å²) in [6, 6.07) is 7.91. The lowest BCUT2D eigenvalue weighted by Crippen LogP contribution is -2.36. The first-order valence-electron chi connectivity index (χ1n) is 6.25. The van der Waals surface area contributed by atoms with Crippen LogP contribution >= 0.6 is 0 Å². The van der Waals surface area contributed by atoms with Gasteiger partial charge in [-0.2, -0.15) is 0 Å². The van der Waals surface area contributed by atoms with Gasteiger partial charge < -0.3 is 5.32 Å². The lowest BCUT2D eigenvalue weighted by Gasteiger charge is -2.11. The minimum absolute atomic E-state index is 0.123. The van der Waals surface area contributed by atoms with Gasteiger partial charge in [0.05, 0.1) is 0 Å². The molecule has 0 bridgehead atoms. The maximum Gasteiger partial charge on any atom is 0.235 e. The van der Waals surface area contributed by atoms with Gasteiger partial charge in [0.15, 0.2) is 0 Å². The Hall–Kier alpha value is -1.16. The van der Waals surface area contributed by atoms with Gasteiger partial charge in [-0.3, -0.25) is 9.00 Å². The molecule has 3 nitrogen and oxygen atoms in total. The summed E-state index contributed by atoms with van der Waals surface area (Å²) in [5, 5.41) is 2.32. The number of hydrogen-bond donors (Lipinski definition) is 1. The summed E-state index contributed by atoms with van der Waals surface area (Å²) in [4.78, 5) is 11.7. The molecule has 1 aromatic rings. The molecule has 0 radical (unpaired) electrons. The van der Waals surface area contributed by atoms with Crippen LogP contribution in [0, 0.1) is 6.92 Å². The van der Waals surface area contributed by atoms with Crippen molar-refractivity contribution in [1.29, 1.82) is 0 Å². The molecule has 0 aliphatic carbocycles. The fourth-order valence-corrected chi connectivity index (χ4v) is 2.58. The van der Waals surface area contributed by atoms with Gasteiger partial charge in [0.1, 0.15) is 5.25 Å². The van der Waals surface area contributed by atoms with E-state index in [1.54, 1.807) is 6.92 Å². The third-order valence-corrected chi connectivity index (χ3v) is 4.36. The largest absolute Gasteiger partial charge is 0.355 e. The van der Waals surface area contributed by atoms with Crippen LogP contribution in [0.3, 0.4) is 0 Å². The number of amides is 1. The van der Waals surface area contributed by atoms with E-state index in [2.05, 4.69) is 5.32 Å². The van der Waals surface area contributed by atoms with Crippen molar-refractivity contribution in [2.75, 3.05) is 6.54 Å². The molecule has 0 aromatic heterocycles. The van der Waals surface area contributed by atoms with Gasteiger partial charge in [-0.05, 0) is 25.8 Å². The molecule has 2 atom stereocenters. The Labute approximate surface area is 111 Å². The van der Waals surface area contributed by atoms with E-state index in [4.69, 9.17) is 0 Å². The van der Waals surface area contributed by atoms with E-state index in [1.807, 2.05) is 38.1 Å². The van der Waals surface area contributed by atoms with Crippen molar-refractivity contribution in [1.82, 2.24) is 5.32 Å². The van der Waals surface area contributed by atoms with Crippen molar-refractivity contribution >= 4 is 16.7 Å². The molecule has 1 N–H and O–H groups in total. The number of carbonyl (C=O) groups is 1. The Bertz CT molecular complexity index is 414. The third-order valence-electron chi connectivity index (χ3n) is 2.74. The van der Waals surface area contributed by atoms with Crippen LogP contribution in [0.2, 0.25) is 0 Å². The normalized spacial score (nSPS) is 13.9. The molecule has 0 spiro atoms. The number of hydrogen-bond acceptors (Lipinski definition) is 2. The van der Waals surface area contributed by atoms with Gasteiger partial charge in [0.2, 0.25) is 5.91 Å². The van der Waals surface area contributed by atoms with Gasteiger partial charge in [-0.25, -0.2) is 0 Å². The van der Waals surface area contributed by atoms with Crippen molar-refractivity contribution in [3.8, 4) is 0 Å². The molecule has 0 saturated heterocycles. The van der Waals surface area contributed by atoms with E-state index in [-0.39, 0.29) is 5.91 Å². The van der Waals surface area contributed by atoms with Gasteiger partial charge >= 0.3 is 0 Å². The average molecular weight is 267 g/mol. The van der Waals surface area contributed by atoms with Crippen LogP contribution in [0.4, 0.5) is 0 Å². The van der Waals surface area contributed by atoms with Crippen LogP contribution in [0.15, 0.2) is 24.3 Å². The van der Waals surface area contributed by atoms with Gasteiger partial charge in [-0.1, -0.05) is 36.8 Å². The summed E-state index contributed by atoms with van der Waals surface area (Å²) in [7, 11) is -1.17. The smallest absolute Gasteiger partial charge is 0.235 e. The highest BCUT2D eigenvalue weighted by molar-refractivity contribution is 7.85. The molecule has 1 amide bonds. The summed E-state index contributed by atoms with van der Waals surface area (Å²) in [6.07, 6.45) is 0.892. The Balaban J connectivity index is 2.54. The third kappa shape index (κ3) is 4.61. The van der Waals surface area contributed by atoms with E-state index >= 15 is 0 Å². The maximum absolute atomic E-state index is 12.1. The van der Waals surface area contributed by atoms with Crippen molar-refractivity contribution in [3.05, 3.63) is 35.4 Å². The number of aryl methyl sites for hydroxylation is 1. The standard InChI is InChI=1S/C14H21NO2S/c1-4-9-15-14(16)12(3)18(17)10-13-7-5-11(2)6-8-13/h5-8,12H,4,9-10H2,1-3H3,(H,15,16)/t12-,18-/m1/s1. The topological polar surface area (TPSA) is 46.2 Å². The van der Waals surface area contributed by atoms with Crippen molar-refractivity contribution in [2.24, 2.45) is 0 Å². The zero-order valence-corrected chi connectivity index (χ0v) is 12.0. The fraction of sp³-hybridized carbons (Fsp3) is 0.500. The number of rotatable bonds is 6. The molecule has 0 aliphatic heterocycles. The highest BCUT2D eigenvalue weighted by atomic mass is 32.2. The Morgan fingerprint density at radius 2 is 1.94 bits per heavy atom. The highest BCUT2D eigenvalue weighted by Crippen LogP contribution is 2.09. The quantitative estimate of drug-likeness (QED) is 0.858. The predicted octanol–water partition coefficient (Wildman–Crippen LogP) is 2.16. The first kappa shape index (κ1) is 14.9. The van der Waals surface area contributed by atoms with Crippen LogP contribution in [0.5, 0.6) is 0 Å². The van der Waals surface area contributed by atoms with Crippen LogP contribution in [-0.4, -0.2) is 21.9 Å². The lowest BCUT2D eigenvalue weighted by atomic mass is 10.2. The molecule has 1 aromatic carbocycles. The average Bonchev–Trinajstić information content (AvgIpc) is 2.37. The molecule has 18 heavy (non-hydrogen) atoms. The van der Waals surface area contributed by atoms with E-state index in [0.29, 0.717) is 12.3 Å². The van der Waals surface area contributed by atoms with Crippen LogP contribution in [0.1, 0.15) is 31.4 Å². The zero-order chi connectivity index (χ0) is 13.5. The summed E-state index contributed by atoms with van der Waals surface area (Å²) in [6.45, 7) is 6.37. The molecule has 0 saturated carbocycles. The van der Waals surface area contributed by atoms with Gasteiger partial charge in [-0.15, -0.1) is 0 Å². The second-order valence-electron chi connectivity index (χ2n) is 4.44. The second-order valence-corrected chi connectivity index (χ2v) is 6.20. The molecule has 0 aliphatic rings. The summed E-state index contributed by atoms with van der Waals surface area (Å²) in [5.41, 5.74) is 2.19. The minimum Gasteiger partial charge on any atom is -0.355 e. The van der Waals surface area contributed by atoms with Crippen LogP contribution < -0.4 is 5.32 Å². The minimum atomic E-state index is -1.17. The Morgan fingerprint density at radius 3 is 2.50 bits per heavy atom. The molecular weight excluding hydrogens is 246 g/mol. The molecular formula is C14H21NO2S. The fourth-order valence-electron chi connectivity index (χ4n) is 1.48. The van der Waals surface area contributed by atoms with E-state index in [9.17, 15) is 9.00 Å². The molecule has 100 valence electrons. The summed E-state index contributed by atoms with van der Waals surface area (Å²) < 4.78 is 12.1. The maximum atomic E-state index is 12.1. The lowest BCUT2D eigenvalue weighted by molar-refractivity contribution is -0.120.